The quantitative estimate of drug-likeness (QED) is 0.736. The highest BCUT2D eigenvalue weighted by molar-refractivity contribution is 5.95. The van der Waals surface area contributed by atoms with Gasteiger partial charge in [-0.05, 0) is 42.2 Å². The number of rotatable bonds is 6. The van der Waals surface area contributed by atoms with Crippen molar-refractivity contribution in [1.82, 2.24) is 9.80 Å². The van der Waals surface area contributed by atoms with Gasteiger partial charge in [0.15, 0.2) is 0 Å². The third-order valence-corrected chi connectivity index (χ3v) is 6.75. The molecule has 0 N–H and O–H groups in total. The molecule has 2 aromatic carbocycles. The average molecular weight is 405 g/mol. The van der Waals surface area contributed by atoms with E-state index < -0.39 is 6.09 Å². The summed E-state index contributed by atoms with van der Waals surface area (Å²) in [4.78, 5) is 29.9. The number of carbonyl (C=O) groups excluding carboxylic acids is 2. The van der Waals surface area contributed by atoms with Crippen LogP contribution < -0.4 is 0 Å². The number of nitrogens with zero attached hydrogens (tertiary/aromatic N) is 2. The molecule has 3 aliphatic rings. The zero-order valence-electron chi connectivity index (χ0n) is 17.2. The summed E-state index contributed by atoms with van der Waals surface area (Å²) in [7, 11) is 0. The van der Waals surface area contributed by atoms with E-state index in [0.717, 1.165) is 25.2 Å². The minimum absolute atomic E-state index is 0.0362. The molecule has 0 radical (unpaired) electrons. The zero-order chi connectivity index (χ0) is 20.5. The Morgan fingerprint density at radius 3 is 2.27 bits per heavy atom. The molecule has 2 amide bonds. The molecule has 5 rings (SSSR count). The fraction of sp³-hybridized carbons (Fsp3) is 0.440. The number of hydrogen-bond acceptors (Lipinski definition) is 4. The summed E-state index contributed by atoms with van der Waals surface area (Å²) in [5, 5.41) is 0. The first-order chi connectivity index (χ1) is 14.7. The topological polar surface area (TPSA) is 49.9 Å². The van der Waals surface area contributed by atoms with Crippen molar-refractivity contribution >= 4 is 12.0 Å². The van der Waals surface area contributed by atoms with Crippen LogP contribution in [0.15, 0.2) is 60.7 Å². The first-order valence-corrected chi connectivity index (χ1v) is 11.0. The maximum Gasteiger partial charge on any atom is 0.416 e. The molecular weight excluding hydrogens is 376 g/mol. The third kappa shape index (κ3) is 3.99. The number of amides is 2. The Balaban J connectivity index is 1.32. The van der Waals surface area contributed by atoms with Gasteiger partial charge in [0, 0.05) is 19.6 Å². The fourth-order valence-corrected chi connectivity index (χ4v) is 5.09. The van der Waals surface area contributed by atoms with E-state index in [1.807, 2.05) is 36.4 Å². The van der Waals surface area contributed by atoms with Gasteiger partial charge in [-0.2, -0.15) is 0 Å². The molecule has 156 valence electrons. The second kappa shape index (κ2) is 8.23. The summed E-state index contributed by atoms with van der Waals surface area (Å²) in [6, 6.07) is 20.2. The molecule has 5 heteroatoms. The van der Waals surface area contributed by atoms with Crippen LogP contribution >= 0.6 is 0 Å². The van der Waals surface area contributed by atoms with E-state index in [-0.39, 0.29) is 24.5 Å². The Kier molecular flexibility index (Phi) is 5.30. The van der Waals surface area contributed by atoms with Gasteiger partial charge in [-0.3, -0.25) is 9.69 Å². The molecule has 1 saturated carbocycles. The first-order valence-electron chi connectivity index (χ1n) is 11.0. The van der Waals surface area contributed by atoms with Gasteiger partial charge in [0.2, 0.25) is 5.91 Å². The summed E-state index contributed by atoms with van der Waals surface area (Å²) in [6.07, 6.45) is 2.57. The number of cyclic esters (lactones) is 1. The van der Waals surface area contributed by atoms with E-state index in [4.69, 9.17) is 4.74 Å². The fourth-order valence-electron chi connectivity index (χ4n) is 5.09. The van der Waals surface area contributed by atoms with Crippen molar-refractivity contribution in [3.8, 4) is 0 Å². The Bertz CT molecular complexity index is 897. The van der Waals surface area contributed by atoms with E-state index >= 15 is 0 Å². The number of benzene rings is 2. The van der Waals surface area contributed by atoms with Crippen molar-refractivity contribution in [2.24, 2.45) is 17.8 Å². The number of ether oxygens (including phenoxy) is 1. The van der Waals surface area contributed by atoms with Gasteiger partial charge in [0.25, 0.3) is 0 Å². The first kappa shape index (κ1) is 19.3. The predicted octanol–water partition coefficient (Wildman–Crippen LogP) is 3.73. The van der Waals surface area contributed by atoms with E-state index in [1.165, 1.54) is 23.3 Å². The molecule has 2 saturated heterocycles. The number of imide groups is 1. The Morgan fingerprint density at radius 1 is 0.933 bits per heavy atom. The van der Waals surface area contributed by atoms with Gasteiger partial charge >= 0.3 is 6.09 Å². The summed E-state index contributed by atoms with van der Waals surface area (Å²) in [5.74, 6) is 0.800. The minimum atomic E-state index is -0.475. The molecule has 3 atom stereocenters. The highest BCUT2D eigenvalue weighted by Crippen LogP contribution is 2.45. The summed E-state index contributed by atoms with van der Waals surface area (Å²) in [6.45, 7) is 2.79. The van der Waals surface area contributed by atoms with Gasteiger partial charge in [-0.25, -0.2) is 9.69 Å². The second-order valence-corrected chi connectivity index (χ2v) is 8.92. The van der Waals surface area contributed by atoms with Crippen LogP contribution in [-0.4, -0.2) is 47.5 Å². The van der Waals surface area contributed by atoms with Gasteiger partial charge < -0.3 is 4.74 Å². The molecule has 2 aromatic rings. The van der Waals surface area contributed by atoms with Crippen LogP contribution in [0.4, 0.5) is 4.79 Å². The lowest BCUT2D eigenvalue weighted by molar-refractivity contribution is -0.134. The Hall–Kier alpha value is -2.66. The van der Waals surface area contributed by atoms with Crippen molar-refractivity contribution in [3.05, 3.63) is 71.8 Å². The lowest BCUT2D eigenvalue weighted by atomic mass is 9.90. The van der Waals surface area contributed by atoms with Gasteiger partial charge in [0.05, 0.1) is 12.0 Å². The van der Waals surface area contributed by atoms with Crippen LogP contribution in [0.2, 0.25) is 0 Å². The molecule has 0 spiro atoms. The molecule has 1 aliphatic carbocycles. The molecule has 30 heavy (non-hydrogen) atoms. The monoisotopic (exact) mass is 404 g/mol. The molecule has 5 nitrogen and oxygen atoms in total. The maximum absolute atomic E-state index is 13.6. The van der Waals surface area contributed by atoms with E-state index in [1.54, 1.807) is 0 Å². The summed E-state index contributed by atoms with van der Waals surface area (Å²) < 4.78 is 5.32. The Labute approximate surface area is 177 Å². The standard InChI is InChI=1S/C25H28N2O3/c28-24(27-21(17-30-25(27)29)13-18-7-3-1-4-8-18)23-16-26(15-22(23)20-11-12-20)14-19-9-5-2-6-10-19/h1-10,20-23H,11-17H2/t21-,22+,23-/m0/s1. The molecule has 3 fully saturated rings. The predicted molar refractivity (Wildman–Crippen MR) is 114 cm³/mol. The van der Waals surface area contributed by atoms with Crippen molar-refractivity contribution < 1.29 is 14.3 Å². The van der Waals surface area contributed by atoms with E-state index in [2.05, 4.69) is 29.2 Å². The van der Waals surface area contributed by atoms with Crippen LogP contribution in [-0.2, 0) is 22.5 Å². The molecule has 0 unspecified atom stereocenters. The van der Waals surface area contributed by atoms with Crippen molar-refractivity contribution in [2.45, 2.75) is 31.8 Å². The van der Waals surface area contributed by atoms with E-state index in [0.29, 0.717) is 18.3 Å². The van der Waals surface area contributed by atoms with Crippen molar-refractivity contribution in [2.75, 3.05) is 19.7 Å². The minimum Gasteiger partial charge on any atom is -0.447 e. The Morgan fingerprint density at radius 2 is 1.60 bits per heavy atom. The number of carbonyl (C=O) groups is 2. The molecular formula is C25H28N2O3. The number of hydrogen-bond donors (Lipinski definition) is 0. The average Bonchev–Trinajstić information content (AvgIpc) is 3.43. The highest BCUT2D eigenvalue weighted by atomic mass is 16.6. The lowest BCUT2D eigenvalue weighted by Gasteiger charge is -2.25. The van der Waals surface area contributed by atoms with E-state index in [9.17, 15) is 9.59 Å². The lowest BCUT2D eigenvalue weighted by Crippen LogP contribution is -2.45. The highest BCUT2D eigenvalue weighted by Gasteiger charge is 2.50. The van der Waals surface area contributed by atoms with Gasteiger partial charge in [-0.15, -0.1) is 0 Å². The smallest absolute Gasteiger partial charge is 0.416 e. The number of likely N-dealkylation sites (tertiary alicyclic amines) is 1. The zero-order valence-corrected chi connectivity index (χ0v) is 17.2. The third-order valence-electron chi connectivity index (χ3n) is 6.75. The molecule has 0 bridgehead atoms. The van der Waals surface area contributed by atoms with Crippen LogP contribution in [0, 0.1) is 17.8 Å². The summed E-state index contributed by atoms with van der Waals surface area (Å²) in [5.41, 5.74) is 2.39. The summed E-state index contributed by atoms with van der Waals surface area (Å²) >= 11 is 0. The van der Waals surface area contributed by atoms with Crippen LogP contribution in [0.25, 0.3) is 0 Å². The largest absolute Gasteiger partial charge is 0.447 e. The van der Waals surface area contributed by atoms with Gasteiger partial charge in [-0.1, -0.05) is 60.7 Å². The van der Waals surface area contributed by atoms with Crippen molar-refractivity contribution in [1.29, 1.82) is 0 Å². The van der Waals surface area contributed by atoms with Crippen molar-refractivity contribution in [3.63, 3.8) is 0 Å². The van der Waals surface area contributed by atoms with Gasteiger partial charge in [0.1, 0.15) is 6.61 Å². The van der Waals surface area contributed by atoms with Crippen LogP contribution in [0.3, 0.4) is 0 Å². The molecule has 2 heterocycles. The second-order valence-electron chi connectivity index (χ2n) is 8.92. The SMILES string of the molecule is O=C1OC[C@H](Cc2ccccc2)N1C(=O)[C@H]1CN(Cc2ccccc2)C[C@@H]1C1CC1. The molecule has 2 aliphatic heterocycles. The van der Waals surface area contributed by atoms with Crippen LogP contribution in [0.5, 0.6) is 0 Å². The maximum atomic E-state index is 13.6. The molecule has 0 aromatic heterocycles. The normalized spacial score (nSPS) is 26.7. The van der Waals surface area contributed by atoms with Crippen LogP contribution in [0.1, 0.15) is 24.0 Å².